The van der Waals surface area contributed by atoms with E-state index in [0.717, 1.165) is 45.5 Å². The van der Waals surface area contributed by atoms with E-state index in [4.69, 9.17) is 15.0 Å². The molecule has 0 amide bonds. The lowest BCUT2D eigenvalue weighted by Crippen LogP contribution is -2.36. The third kappa shape index (κ3) is 6.28. The summed E-state index contributed by atoms with van der Waals surface area (Å²) in [7, 11) is 4.02. The van der Waals surface area contributed by atoms with Crippen molar-refractivity contribution >= 4 is 58.0 Å². The molecular weight excluding hydrogens is 507 g/mol. The fourth-order valence-corrected chi connectivity index (χ4v) is 3.82. The average Bonchev–Trinajstić information content (AvgIpc) is 3.19. The molecule has 162 valence electrons. The SMILES string of the molecule is CCNC(=NCc1cc(N(C)C)nc2ccccc12)NCc1nc(C(C)C)cs1.I. The van der Waals surface area contributed by atoms with Crippen molar-refractivity contribution in [3.8, 4) is 0 Å². The molecule has 0 atom stereocenters. The number of para-hydroxylation sites is 1. The Hall–Kier alpha value is -1.94. The Balaban J connectivity index is 0.00000320. The number of nitrogens with one attached hydrogen (secondary N) is 2. The van der Waals surface area contributed by atoms with Crippen molar-refractivity contribution in [2.45, 2.75) is 39.8 Å². The first-order chi connectivity index (χ1) is 14.0. The number of aromatic nitrogens is 2. The first-order valence-electron chi connectivity index (χ1n) is 10.0. The number of pyridine rings is 1. The molecule has 2 N–H and O–H groups in total. The zero-order chi connectivity index (χ0) is 20.8. The van der Waals surface area contributed by atoms with Crippen LogP contribution in [0.4, 0.5) is 5.82 Å². The molecule has 0 bridgehead atoms. The number of fused-ring (bicyclic) bond motifs is 1. The van der Waals surface area contributed by atoms with Gasteiger partial charge in [-0.3, -0.25) is 0 Å². The molecule has 6 nitrogen and oxygen atoms in total. The third-order valence-corrected chi connectivity index (χ3v) is 5.43. The van der Waals surface area contributed by atoms with Crippen molar-refractivity contribution in [2.75, 3.05) is 25.5 Å². The minimum absolute atomic E-state index is 0. The van der Waals surface area contributed by atoms with E-state index in [-0.39, 0.29) is 24.0 Å². The second-order valence-electron chi connectivity index (χ2n) is 7.42. The minimum atomic E-state index is 0. The smallest absolute Gasteiger partial charge is 0.191 e. The first kappa shape index (κ1) is 24.3. The predicted octanol–water partition coefficient (Wildman–Crippen LogP) is 4.75. The lowest BCUT2D eigenvalue weighted by atomic mass is 10.1. The monoisotopic (exact) mass is 538 g/mol. The van der Waals surface area contributed by atoms with Crippen LogP contribution in [0, 0.1) is 0 Å². The lowest BCUT2D eigenvalue weighted by Gasteiger charge is -2.15. The highest BCUT2D eigenvalue weighted by Gasteiger charge is 2.09. The summed E-state index contributed by atoms with van der Waals surface area (Å²) in [4.78, 5) is 16.3. The fourth-order valence-electron chi connectivity index (χ4n) is 2.93. The van der Waals surface area contributed by atoms with Crippen molar-refractivity contribution in [3.05, 3.63) is 52.0 Å². The van der Waals surface area contributed by atoms with Crippen LogP contribution < -0.4 is 15.5 Å². The largest absolute Gasteiger partial charge is 0.363 e. The molecular formula is C22H31IN6S. The second kappa shape index (κ2) is 11.5. The summed E-state index contributed by atoms with van der Waals surface area (Å²) in [6.07, 6.45) is 0. The third-order valence-electron chi connectivity index (χ3n) is 4.57. The van der Waals surface area contributed by atoms with Crippen molar-refractivity contribution in [1.29, 1.82) is 0 Å². The van der Waals surface area contributed by atoms with E-state index in [0.29, 0.717) is 19.0 Å². The molecule has 0 saturated heterocycles. The molecule has 0 aliphatic heterocycles. The first-order valence-corrected chi connectivity index (χ1v) is 10.9. The summed E-state index contributed by atoms with van der Waals surface area (Å²) in [5.41, 5.74) is 3.30. The van der Waals surface area contributed by atoms with Gasteiger partial charge in [-0.15, -0.1) is 35.3 Å². The number of hydrogen-bond donors (Lipinski definition) is 2. The highest BCUT2D eigenvalue weighted by Crippen LogP contribution is 2.23. The number of hydrogen-bond acceptors (Lipinski definition) is 5. The van der Waals surface area contributed by atoms with Crippen LogP contribution >= 0.6 is 35.3 Å². The van der Waals surface area contributed by atoms with Crippen LogP contribution in [0.15, 0.2) is 40.7 Å². The average molecular weight is 539 g/mol. The molecule has 2 aromatic heterocycles. The van der Waals surface area contributed by atoms with E-state index in [1.54, 1.807) is 11.3 Å². The highest BCUT2D eigenvalue weighted by molar-refractivity contribution is 14.0. The van der Waals surface area contributed by atoms with Crippen molar-refractivity contribution in [3.63, 3.8) is 0 Å². The Kier molecular flexibility index (Phi) is 9.29. The number of benzene rings is 1. The second-order valence-corrected chi connectivity index (χ2v) is 8.36. The van der Waals surface area contributed by atoms with E-state index in [2.05, 4.69) is 48.9 Å². The maximum Gasteiger partial charge on any atom is 0.191 e. The van der Waals surface area contributed by atoms with Gasteiger partial charge in [0.1, 0.15) is 10.8 Å². The van der Waals surface area contributed by atoms with Gasteiger partial charge < -0.3 is 15.5 Å². The Morgan fingerprint density at radius 3 is 2.60 bits per heavy atom. The van der Waals surface area contributed by atoms with Crippen LogP contribution in [-0.2, 0) is 13.1 Å². The van der Waals surface area contributed by atoms with Crippen LogP contribution in [0.1, 0.15) is 43.0 Å². The van der Waals surface area contributed by atoms with Crippen molar-refractivity contribution in [2.24, 2.45) is 4.99 Å². The van der Waals surface area contributed by atoms with Crippen LogP contribution in [0.25, 0.3) is 10.9 Å². The van der Waals surface area contributed by atoms with Gasteiger partial charge in [-0.25, -0.2) is 15.0 Å². The van der Waals surface area contributed by atoms with Gasteiger partial charge >= 0.3 is 0 Å². The Morgan fingerprint density at radius 1 is 1.17 bits per heavy atom. The van der Waals surface area contributed by atoms with Crippen LogP contribution in [-0.4, -0.2) is 36.6 Å². The molecule has 3 rings (SSSR count). The summed E-state index contributed by atoms with van der Waals surface area (Å²) in [6.45, 7) is 8.46. The van der Waals surface area contributed by atoms with E-state index < -0.39 is 0 Å². The quantitative estimate of drug-likeness (QED) is 0.258. The lowest BCUT2D eigenvalue weighted by molar-refractivity contribution is 0.788. The summed E-state index contributed by atoms with van der Waals surface area (Å²) in [5, 5.41) is 11.1. The van der Waals surface area contributed by atoms with Crippen molar-refractivity contribution < 1.29 is 0 Å². The molecule has 1 aromatic carbocycles. The summed E-state index contributed by atoms with van der Waals surface area (Å²) < 4.78 is 0. The van der Waals surface area contributed by atoms with Gasteiger partial charge in [-0.05, 0) is 30.5 Å². The van der Waals surface area contributed by atoms with Gasteiger partial charge in [-0.1, -0.05) is 32.0 Å². The fraction of sp³-hybridized carbons (Fsp3) is 0.409. The number of thiazole rings is 1. The van der Waals surface area contributed by atoms with Gasteiger partial charge in [0.2, 0.25) is 0 Å². The zero-order valence-electron chi connectivity index (χ0n) is 18.3. The summed E-state index contributed by atoms with van der Waals surface area (Å²) >= 11 is 1.69. The zero-order valence-corrected chi connectivity index (χ0v) is 21.4. The molecule has 30 heavy (non-hydrogen) atoms. The molecule has 0 radical (unpaired) electrons. The topological polar surface area (TPSA) is 65.4 Å². The molecule has 3 aromatic rings. The minimum Gasteiger partial charge on any atom is -0.363 e. The van der Waals surface area contributed by atoms with E-state index >= 15 is 0 Å². The van der Waals surface area contributed by atoms with Gasteiger partial charge in [0, 0.05) is 31.4 Å². The number of anilines is 1. The standard InChI is InChI=1S/C22H30N6S.HI/c1-6-23-22(25-13-21-27-19(14-29-21)15(2)3)24-12-16-11-20(28(4)5)26-18-10-8-7-9-17(16)18;/h7-11,14-15H,6,12-13H2,1-5H3,(H2,23,24,25);1H. The normalized spacial score (nSPS) is 11.5. The molecule has 2 heterocycles. The molecule has 8 heteroatoms. The molecule has 0 aliphatic carbocycles. The molecule has 0 spiro atoms. The number of nitrogens with zero attached hydrogens (tertiary/aromatic N) is 4. The summed E-state index contributed by atoms with van der Waals surface area (Å²) in [6, 6.07) is 10.3. The van der Waals surface area contributed by atoms with E-state index in [1.165, 1.54) is 0 Å². The van der Waals surface area contributed by atoms with Crippen LogP contribution in [0.3, 0.4) is 0 Å². The van der Waals surface area contributed by atoms with Gasteiger partial charge in [0.15, 0.2) is 5.96 Å². The Bertz CT molecular complexity index is 983. The maximum absolute atomic E-state index is 4.82. The van der Waals surface area contributed by atoms with E-state index in [9.17, 15) is 0 Å². The van der Waals surface area contributed by atoms with Gasteiger partial charge in [0.25, 0.3) is 0 Å². The summed E-state index contributed by atoms with van der Waals surface area (Å²) in [5.74, 6) is 2.18. The number of rotatable bonds is 7. The van der Waals surface area contributed by atoms with Crippen molar-refractivity contribution in [1.82, 2.24) is 20.6 Å². The highest BCUT2D eigenvalue weighted by atomic mass is 127. The number of halogens is 1. The Morgan fingerprint density at radius 2 is 1.93 bits per heavy atom. The molecule has 0 saturated carbocycles. The van der Waals surface area contributed by atoms with Gasteiger partial charge in [-0.2, -0.15) is 0 Å². The molecule has 0 aliphatic rings. The number of guanidine groups is 1. The van der Waals surface area contributed by atoms with E-state index in [1.807, 2.05) is 37.2 Å². The molecule has 0 unspecified atom stereocenters. The van der Waals surface area contributed by atoms with Crippen LogP contribution in [0.2, 0.25) is 0 Å². The number of aliphatic imine (C=N–C) groups is 1. The maximum atomic E-state index is 4.82. The Labute approximate surface area is 200 Å². The van der Waals surface area contributed by atoms with Crippen LogP contribution in [0.5, 0.6) is 0 Å². The molecule has 0 fully saturated rings. The predicted molar refractivity (Wildman–Crippen MR) is 139 cm³/mol. The van der Waals surface area contributed by atoms with Gasteiger partial charge in [0.05, 0.1) is 24.3 Å².